The fourth-order valence-electron chi connectivity index (χ4n) is 3.18. The lowest BCUT2D eigenvalue weighted by molar-refractivity contribution is -0.121. The standard InChI is InChI=1S/C15H21NO3S.C6H8N2/c17-14(9-6-11-4-2-1-3-5-11)16-10-12-7-8-13(20-12)15(18)19;7-5-3-1-2-4-6(5)8/h7-8,11H,1-6,9-10H2,(H,16,17)(H,18,19);1-4H,7-8H2. The minimum atomic E-state index is -0.912. The Hall–Kier alpha value is -2.54. The third kappa shape index (κ3) is 7.60. The van der Waals surface area contributed by atoms with Crippen molar-refractivity contribution in [1.82, 2.24) is 5.32 Å². The Morgan fingerprint density at radius 1 is 1.04 bits per heavy atom. The van der Waals surface area contributed by atoms with E-state index < -0.39 is 5.97 Å². The highest BCUT2D eigenvalue weighted by Gasteiger charge is 2.15. The van der Waals surface area contributed by atoms with E-state index in [0.717, 1.165) is 17.2 Å². The van der Waals surface area contributed by atoms with Crippen LogP contribution in [0.5, 0.6) is 0 Å². The minimum absolute atomic E-state index is 0.0702. The smallest absolute Gasteiger partial charge is 0.345 e. The zero-order chi connectivity index (χ0) is 20.4. The number of hydrogen-bond acceptors (Lipinski definition) is 5. The monoisotopic (exact) mass is 403 g/mol. The number of nitrogen functional groups attached to an aromatic ring is 2. The molecule has 6 N–H and O–H groups in total. The lowest BCUT2D eigenvalue weighted by Crippen LogP contribution is -2.23. The van der Waals surface area contributed by atoms with E-state index in [2.05, 4.69) is 5.32 Å². The number of thiophene rings is 1. The predicted octanol–water partition coefficient (Wildman–Crippen LogP) is 4.27. The molecule has 28 heavy (non-hydrogen) atoms. The molecule has 1 aliphatic rings. The molecule has 152 valence electrons. The number of carbonyl (C=O) groups is 2. The predicted molar refractivity (Wildman–Crippen MR) is 114 cm³/mol. The number of nitrogens with two attached hydrogens (primary N) is 2. The van der Waals surface area contributed by atoms with Gasteiger partial charge in [-0.1, -0.05) is 44.2 Å². The van der Waals surface area contributed by atoms with Crippen molar-refractivity contribution in [2.45, 2.75) is 51.5 Å². The van der Waals surface area contributed by atoms with Crippen molar-refractivity contribution in [2.75, 3.05) is 11.5 Å². The Morgan fingerprint density at radius 3 is 2.21 bits per heavy atom. The molecule has 1 amide bonds. The maximum Gasteiger partial charge on any atom is 0.345 e. The minimum Gasteiger partial charge on any atom is -0.477 e. The molecule has 0 radical (unpaired) electrons. The molecular formula is C21H29N3O3S. The third-order valence-electron chi connectivity index (χ3n) is 4.83. The molecule has 0 bridgehead atoms. The molecule has 0 saturated heterocycles. The molecule has 6 nitrogen and oxygen atoms in total. The van der Waals surface area contributed by atoms with Gasteiger partial charge in [-0.3, -0.25) is 4.79 Å². The number of nitrogens with one attached hydrogen (secondary N) is 1. The van der Waals surface area contributed by atoms with E-state index in [9.17, 15) is 9.59 Å². The molecule has 3 rings (SSSR count). The summed E-state index contributed by atoms with van der Waals surface area (Å²) in [6.45, 7) is 0.432. The molecule has 1 fully saturated rings. The maximum atomic E-state index is 11.8. The molecule has 0 unspecified atom stereocenters. The number of aromatic carboxylic acids is 1. The van der Waals surface area contributed by atoms with Crippen molar-refractivity contribution in [3.63, 3.8) is 0 Å². The Morgan fingerprint density at radius 2 is 1.68 bits per heavy atom. The molecule has 0 atom stereocenters. The van der Waals surface area contributed by atoms with Gasteiger partial charge in [-0.25, -0.2) is 4.79 Å². The first kappa shape index (κ1) is 21.8. The Labute approximate surface area is 169 Å². The van der Waals surface area contributed by atoms with Crippen LogP contribution in [-0.4, -0.2) is 17.0 Å². The second kappa shape index (κ2) is 11.3. The van der Waals surface area contributed by atoms with Crippen LogP contribution in [0.4, 0.5) is 11.4 Å². The van der Waals surface area contributed by atoms with E-state index in [1.165, 1.54) is 43.4 Å². The molecule has 1 saturated carbocycles. The molecular weight excluding hydrogens is 374 g/mol. The number of anilines is 2. The molecule has 1 aliphatic carbocycles. The van der Waals surface area contributed by atoms with Gasteiger partial charge in [0.15, 0.2) is 0 Å². The largest absolute Gasteiger partial charge is 0.477 e. The Kier molecular flexibility index (Phi) is 8.81. The fourth-order valence-corrected chi connectivity index (χ4v) is 3.97. The van der Waals surface area contributed by atoms with Crippen LogP contribution in [0, 0.1) is 5.92 Å². The van der Waals surface area contributed by atoms with E-state index in [1.807, 2.05) is 12.1 Å². The van der Waals surface area contributed by atoms with E-state index >= 15 is 0 Å². The zero-order valence-corrected chi connectivity index (χ0v) is 16.8. The van der Waals surface area contributed by atoms with Gasteiger partial charge >= 0.3 is 5.97 Å². The average Bonchev–Trinajstić information content (AvgIpc) is 3.18. The summed E-state index contributed by atoms with van der Waals surface area (Å²) in [5, 5.41) is 11.7. The van der Waals surface area contributed by atoms with Gasteiger partial charge in [0, 0.05) is 11.3 Å². The van der Waals surface area contributed by atoms with E-state index in [1.54, 1.807) is 24.3 Å². The lowest BCUT2D eigenvalue weighted by atomic mass is 9.86. The van der Waals surface area contributed by atoms with Crippen LogP contribution < -0.4 is 16.8 Å². The van der Waals surface area contributed by atoms with Crippen LogP contribution >= 0.6 is 11.3 Å². The van der Waals surface area contributed by atoms with Crippen molar-refractivity contribution in [1.29, 1.82) is 0 Å². The molecule has 1 heterocycles. The van der Waals surface area contributed by atoms with Gasteiger partial charge in [0.05, 0.1) is 17.9 Å². The van der Waals surface area contributed by atoms with Crippen LogP contribution in [0.3, 0.4) is 0 Å². The fraction of sp³-hybridized carbons (Fsp3) is 0.429. The number of para-hydroxylation sites is 2. The van der Waals surface area contributed by atoms with Crippen molar-refractivity contribution in [3.8, 4) is 0 Å². The van der Waals surface area contributed by atoms with Gasteiger partial charge in [0.2, 0.25) is 5.91 Å². The second-order valence-electron chi connectivity index (χ2n) is 7.02. The van der Waals surface area contributed by atoms with Crippen molar-refractivity contribution >= 4 is 34.6 Å². The van der Waals surface area contributed by atoms with Crippen LogP contribution in [0.15, 0.2) is 36.4 Å². The van der Waals surface area contributed by atoms with Crippen molar-refractivity contribution in [3.05, 3.63) is 46.2 Å². The van der Waals surface area contributed by atoms with Crippen molar-refractivity contribution < 1.29 is 14.7 Å². The normalized spacial score (nSPS) is 14.0. The number of carboxylic acids is 1. The molecule has 0 aliphatic heterocycles. The topological polar surface area (TPSA) is 118 Å². The van der Waals surface area contributed by atoms with E-state index in [0.29, 0.717) is 29.2 Å². The van der Waals surface area contributed by atoms with E-state index in [4.69, 9.17) is 16.6 Å². The summed E-state index contributed by atoms with van der Waals surface area (Å²) in [4.78, 5) is 23.7. The number of carbonyl (C=O) groups excluding carboxylic acids is 1. The summed E-state index contributed by atoms with van der Waals surface area (Å²) in [7, 11) is 0. The van der Waals surface area contributed by atoms with Gasteiger partial charge in [0.1, 0.15) is 4.88 Å². The number of carboxylic acid groups (broad SMARTS) is 1. The third-order valence-corrected chi connectivity index (χ3v) is 5.91. The number of hydrogen-bond donors (Lipinski definition) is 4. The van der Waals surface area contributed by atoms with Crippen molar-refractivity contribution in [2.24, 2.45) is 5.92 Å². The summed E-state index contributed by atoms with van der Waals surface area (Å²) >= 11 is 1.21. The van der Waals surface area contributed by atoms with Crippen LogP contribution in [0.1, 0.15) is 59.5 Å². The highest BCUT2D eigenvalue weighted by molar-refractivity contribution is 7.13. The summed E-state index contributed by atoms with van der Waals surface area (Å²) in [5.74, 6) is -0.124. The highest BCUT2D eigenvalue weighted by Crippen LogP contribution is 2.27. The summed E-state index contributed by atoms with van der Waals surface area (Å²) in [6.07, 6.45) is 8.05. The maximum absolute atomic E-state index is 11.8. The molecule has 0 spiro atoms. The number of rotatable bonds is 6. The van der Waals surface area contributed by atoms with Gasteiger partial charge in [0.25, 0.3) is 0 Å². The number of amides is 1. The number of benzene rings is 1. The van der Waals surface area contributed by atoms with Gasteiger partial charge < -0.3 is 21.9 Å². The Bertz CT molecular complexity index is 749. The molecule has 7 heteroatoms. The lowest BCUT2D eigenvalue weighted by Gasteiger charge is -2.20. The van der Waals surface area contributed by atoms with E-state index in [-0.39, 0.29) is 5.91 Å². The quantitative estimate of drug-likeness (QED) is 0.537. The van der Waals surface area contributed by atoms with Gasteiger partial charge in [-0.2, -0.15) is 0 Å². The summed E-state index contributed by atoms with van der Waals surface area (Å²) < 4.78 is 0. The Balaban J connectivity index is 0.000000292. The van der Waals surface area contributed by atoms with Gasteiger partial charge in [-0.05, 0) is 36.6 Å². The first-order valence-corrected chi connectivity index (χ1v) is 10.5. The zero-order valence-electron chi connectivity index (χ0n) is 16.0. The van der Waals surface area contributed by atoms with Crippen LogP contribution in [0.2, 0.25) is 0 Å². The highest BCUT2D eigenvalue weighted by atomic mass is 32.1. The van der Waals surface area contributed by atoms with Crippen LogP contribution in [0.25, 0.3) is 0 Å². The summed E-state index contributed by atoms with van der Waals surface area (Å²) in [5.41, 5.74) is 12.1. The molecule has 2 aromatic rings. The first-order chi connectivity index (χ1) is 13.5. The molecule has 1 aromatic carbocycles. The molecule has 1 aromatic heterocycles. The first-order valence-electron chi connectivity index (χ1n) is 9.64. The second-order valence-corrected chi connectivity index (χ2v) is 8.19. The SMILES string of the molecule is Nc1ccccc1N.O=C(CCC1CCCCC1)NCc1ccc(C(=O)O)s1. The average molecular weight is 404 g/mol. The van der Waals surface area contributed by atoms with Gasteiger partial charge in [-0.15, -0.1) is 11.3 Å². The van der Waals surface area contributed by atoms with Crippen LogP contribution in [-0.2, 0) is 11.3 Å². The summed E-state index contributed by atoms with van der Waals surface area (Å²) in [6, 6.07) is 10.6.